The summed E-state index contributed by atoms with van der Waals surface area (Å²) < 4.78 is 32.6. The molecule has 0 radical (unpaired) electrons. The normalized spacial score (nSPS) is 16.8. The summed E-state index contributed by atoms with van der Waals surface area (Å²) in [6, 6.07) is 7.21. The third kappa shape index (κ3) is 6.02. The van der Waals surface area contributed by atoms with Gasteiger partial charge in [-0.25, -0.2) is 8.42 Å². The van der Waals surface area contributed by atoms with E-state index in [1.54, 1.807) is 26.0 Å². The Bertz CT molecular complexity index is 882. The zero-order chi connectivity index (χ0) is 21.7. The Morgan fingerprint density at radius 3 is 2.31 bits per heavy atom. The number of amides is 1. The Kier molecular flexibility index (Phi) is 7.38. The Morgan fingerprint density at radius 2 is 1.79 bits per heavy atom. The van der Waals surface area contributed by atoms with Gasteiger partial charge in [0.1, 0.15) is 11.6 Å². The van der Waals surface area contributed by atoms with Crippen LogP contribution in [0.2, 0.25) is 0 Å². The maximum Gasteiger partial charge on any atom is 0.324 e. The second-order valence-corrected chi connectivity index (χ2v) is 9.43. The summed E-state index contributed by atoms with van der Waals surface area (Å²) in [4.78, 5) is 24.6. The van der Waals surface area contributed by atoms with Gasteiger partial charge in [0.25, 0.3) is 5.91 Å². The van der Waals surface area contributed by atoms with Crippen LogP contribution >= 0.6 is 0 Å². The molecule has 0 saturated heterocycles. The number of sulfonamides is 1. The molecule has 1 aliphatic carbocycles. The van der Waals surface area contributed by atoms with E-state index in [1.807, 2.05) is 6.92 Å². The van der Waals surface area contributed by atoms with Gasteiger partial charge < -0.3 is 10.1 Å². The Balaban J connectivity index is 1.99. The van der Waals surface area contributed by atoms with E-state index in [-0.39, 0.29) is 4.90 Å². The number of nitriles is 1. The molecule has 0 aliphatic heterocycles. The van der Waals surface area contributed by atoms with Gasteiger partial charge >= 0.3 is 5.97 Å². The van der Waals surface area contributed by atoms with Gasteiger partial charge in [0, 0.05) is 0 Å². The molecule has 1 amide bonds. The summed E-state index contributed by atoms with van der Waals surface area (Å²) in [7, 11) is -3.93. The number of ether oxygens (including phenoxy) is 1. The average molecular weight is 422 g/mol. The van der Waals surface area contributed by atoms with Crippen molar-refractivity contribution in [2.75, 3.05) is 6.61 Å². The molecule has 8 nitrogen and oxygen atoms in total. The van der Waals surface area contributed by atoms with Crippen LogP contribution in [-0.4, -0.2) is 38.5 Å². The van der Waals surface area contributed by atoms with Gasteiger partial charge in [-0.15, -0.1) is 0 Å². The van der Waals surface area contributed by atoms with Crippen LogP contribution < -0.4 is 10.0 Å². The van der Waals surface area contributed by atoms with E-state index in [2.05, 4.69) is 16.1 Å². The fraction of sp³-hybridized carbons (Fsp3) is 0.550. The van der Waals surface area contributed by atoms with Crippen molar-refractivity contribution in [3.05, 3.63) is 29.8 Å². The molecule has 0 unspecified atom stereocenters. The van der Waals surface area contributed by atoms with Crippen LogP contribution in [0.3, 0.4) is 0 Å². The van der Waals surface area contributed by atoms with E-state index in [4.69, 9.17) is 4.74 Å². The number of aryl methyl sites for hydroxylation is 1. The molecule has 2 N–H and O–H groups in total. The molecule has 0 heterocycles. The zero-order valence-corrected chi connectivity index (χ0v) is 17.7. The first-order valence-electron chi connectivity index (χ1n) is 9.56. The lowest BCUT2D eigenvalue weighted by molar-refractivity contribution is -0.151. The number of benzene rings is 1. The van der Waals surface area contributed by atoms with E-state index in [1.165, 1.54) is 12.1 Å². The molecule has 1 fully saturated rings. The third-order valence-electron chi connectivity index (χ3n) is 4.93. The van der Waals surface area contributed by atoms with Gasteiger partial charge in [-0.3, -0.25) is 9.59 Å². The zero-order valence-electron chi connectivity index (χ0n) is 16.9. The lowest BCUT2D eigenvalue weighted by Crippen LogP contribution is -2.49. The van der Waals surface area contributed by atoms with Gasteiger partial charge in [-0.2, -0.15) is 9.98 Å². The summed E-state index contributed by atoms with van der Waals surface area (Å²) in [5.74, 6) is -1.82. The molecule has 1 aromatic carbocycles. The van der Waals surface area contributed by atoms with Crippen LogP contribution in [0.25, 0.3) is 0 Å². The molecule has 158 valence electrons. The van der Waals surface area contributed by atoms with Crippen LogP contribution in [0.1, 0.15) is 45.1 Å². The van der Waals surface area contributed by atoms with Gasteiger partial charge in [0.15, 0.2) is 6.61 Å². The highest BCUT2D eigenvalue weighted by Gasteiger charge is 2.36. The van der Waals surface area contributed by atoms with E-state index >= 15 is 0 Å². The number of nitrogens with one attached hydrogen (secondary N) is 2. The second kappa shape index (κ2) is 9.37. The highest BCUT2D eigenvalue weighted by molar-refractivity contribution is 7.89. The van der Waals surface area contributed by atoms with Crippen molar-refractivity contribution in [1.29, 1.82) is 5.26 Å². The number of hydrogen-bond donors (Lipinski definition) is 2. The highest BCUT2D eigenvalue weighted by Crippen LogP contribution is 2.28. The summed E-state index contributed by atoms with van der Waals surface area (Å²) in [5.41, 5.74) is 0.000671. The van der Waals surface area contributed by atoms with E-state index in [0.29, 0.717) is 12.8 Å². The number of carbonyl (C=O) groups excluding carboxylic acids is 2. The number of hydrogen-bond acceptors (Lipinski definition) is 6. The van der Waals surface area contributed by atoms with Crippen molar-refractivity contribution in [3.8, 4) is 6.07 Å². The number of esters is 1. The summed E-state index contributed by atoms with van der Waals surface area (Å²) in [6.45, 7) is 4.61. The molecule has 9 heteroatoms. The Morgan fingerprint density at radius 1 is 1.21 bits per heavy atom. The first-order valence-corrected chi connectivity index (χ1v) is 11.0. The van der Waals surface area contributed by atoms with Crippen molar-refractivity contribution in [2.24, 2.45) is 5.92 Å². The molecule has 1 atom stereocenters. The van der Waals surface area contributed by atoms with E-state index < -0.39 is 46.0 Å². The van der Waals surface area contributed by atoms with Gasteiger partial charge in [0.2, 0.25) is 10.0 Å². The molecule has 0 spiro atoms. The largest absolute Gasteiger partial charge is 0.454 e. The number of carbonyl (C=O) groups is 2. The third-order valence-corrected chi connectivity index (χ3v) is 6.39. The van der Waals surface area contributed by atoms with Gasteiger partial charge in [-0.1, -0.05) is 31.5 Å². The quantitative estimate of drug-likeness (QED) is 0.617. The summed E-state index contributed by atoms with van der Waals surface area (Å²) in [5, 5.41) is 11.9. The maximum absolute atomic E-state index is 12.6. The highest BCUT2D eigenvalue weighted by atomic mass is 32.2. The first kappa shape index (κ1) is 22.8. The SMILES string of the molecule is Cc1ccc(S(=O)(=O)N[C@H](C(=O)OCC(=O)NC2(C#N)CCCC2)C(C)C)cc1. The van der Waals surface area contributed by atoms with E-state index in [0.717, 1.165) is 18.4 Å². The van der Waals surface area contributed by atoms with Gasteiger partial charge in [0.05, 0.1) is 11.0 Å². The molecule has 29 heavy (non-hydrogen) atoms. The molecule has 1 saturated carbocycles. The minimum Gasteiger partial charge on any atom is -0.454 e. The summed E-state index contributed by atoms with van der Waals surface area (Å²) in [6.07, 6.45) is 2.83. The molecule has 0 aromatic heterocycles. The van der Waals surface area contributed by atoms with E-state index in [9.17, 15) is 23.3 Å². The minimum atomic E-state index is -3.93. The fourth-order valence-corrected chi connectivity index (χ4v) is 4.51. The Labute approximate surface area is 171 Å². The smallest absolute Gasteiger partial charge is 0.324 e. The predicted molar refractivity (Wildman–Crippen MR) is 106 cm³/mol. The lowest BCUT2D eigenvalue weighted by atomic mass is 10.00. The maximum atomic E-state index is 12.6. The number of rotatable bonds is 8. The Hall–Kier alpha value is -2.44. The fourth-order valence-electron chi connectivity index (χ4n) is 3.18. The van der Waals surface area contributed by atoms with Crippen molar-refractivity contribution < 1.29 is 22.7 Å². The molecule has 2 rings (SSSR count). The van der Waals surface area contributed by atoms with Crippen LogP contribution in [0, 0.1) is 24.2 Å². The van der Waals surface area contributed by atoms with Crippen LogP contribution in [0.4, 0.5) is 0 Å². The number of nitrogens with zero attached hydrogens (tertiary/aromatic N) is 1. The lowest BCUT2D eigenvalue weighted by Gasteiger charge is -2.23. The predicted octanol–water partition coefficient (Wildman–Crippen LogP) is 1.79. The molecular formula is C20H27N3O5S. The van der Waals surface area contributed by atoms with Crippen LogP contribution in [0.15, 0.2) is 29.2 Å². The molecule has 1 aliphatic rings. The minimum absolute atomic E-state index is 0.0384. The van der Waals surface area contributed by atoms with Gasteiger partial charge in [-0.05, 0) is 50.7 Å². The summed E-state index contributed by atoms with van der Waals surface area (Å²) >= 11 is 0. The standard InChI is InChI=1S/C20H27N3O5S/c1-14(2)18(23-29(26,27)16-8-6-15(3)7-9-16)19(25)28-12-17(24)22-20(13-21)10-4-5-11-20/h6-9,14,18,23H,4-5,10-12H2,1-3H3,(H,22,24)/t18-/m0/s1. The van der Waals surface area contributed by atoms with Crippen molar-refractivity contribution in [2.45, 2.75) is 62.9 Å². The monoisotopic (exact) mass is 421 g/mol. The molecule has 1 aromatic rings. The van der Waals surface area contributed by atoms with Crippen LogP contribution in [0.5, 0.6) is 0 Å². The van der Waals surface area contributed by atoms with Crippen molar-refractivity contribution in [1.82, 2.24) is 10.0 Å². The average Bonchev–Trinajstić information content (AvgIpc) is 3.13. The molecule has 0 bridgehead atoms. The van der Waals surface area contributed by atoms with Crippen molar-refractivity contribution >= 4 is 21.9 Å². The molecular weight excluding hydrogens is 394 g/mol. The first-order chi connectivity index (χ1) is 13.6. The van der Waals surface area contributed by atoms with Crippen molar-refractivity contribution in [3.63, 3.8) is 0 Å². The topological polar surface area (TPSA) is 125 Å². The van der Waals surface area contributed by atoms with Crippen LogP contribution in [-0.2, 0) is 24.3 Å². The second-order valence-electron chi connectivity index (χ2n) is 7.71.